The number of hydrogen-bond donors (Lipinski definition) is 2. The Hall–Kier alpha value is -5.12. The maximum absolute atomic E-state index is 13.7. The van der Waals surface area contributed by atoms with Crippen LogP contribution in [0.4, 0.5) is 0 Å². The van der Waals surface area contributed by atoms with Crippen LogP contribution in [0.1, 0.15) is 22.8 Å². The van der Waals surface area contributed by atoms with Crippen LogP contribution < -0.4 is 10.2 Å². The summed E-state index contributed by atoms with van der Waals surface area (Å²) in [6.45, 7) is 2.45. The van der Waals surface area contributed by atoms with Crippen molar-refractivity contribution in [3.05, 3.63) is 88.1 Å². The Kier molecular flexibility index (Phi) is 5.33. The van der Waals surface area contributed by atoms with Crippen LogP contribution >= 0.6 is 0 Å². The van der Waals surface area contributed by atoms with Crippen LogP contribution in [0.2, 0.25) is 0 Å². The van der Waals surface area contributed by atoms with Gasteiger partial charge in [-0.05, 0) is 52.7 Å². The topological polar surface area (TPSA) is 136 Å². The Labute approximate surface area is 209 Å². The molecule has 0 fully saturated rings. The fraction of sp³-hybridized carbons (Fsp3) is 0.111. The number of nitrogens with one attached hydrogen (secondary N) is 1. The lowest BCUT2D eigenvalue weighted by molar-refractivity contribution is 0.0698. The number of hydrogen-bond acceptors (Lipinski definition) is 7. The highest BCUT2D eigenvalue weighted by molar-refractivity contribution is 6.03. The summed E-state index contributed by atoms with van der Waals surface area (Å²) >= 11 is 0. The van der Waals surface area contributed by atoms with Gasteiger partial charge in [0.05, 0.1) is 29.7 Å². The Bertz CT molecular complexity index is 1880. The zero-order chi connectivity index (χ0) is 25.5. The summed E-state index contributed by atoms with van der Waals surface area (Å²) in [7, 11) is 0. The molecule has 0 saturated carbocycles. The fourth-order valence-electron chi connectivity index (χ4n) is 4.69. The van der Waals surface area contributed by atoms with Gasteiger partial charge in [0.1, 0.15) is 0 Å². The van der Waals surface area contributed by atoms with Gasteiger partial charge in [-0.25, -0.2) is 4.79 Å². The Morgan fingerprint density at radius 2 is 1.89 bits per heavy atom. The van der Waals surface area contributed by atoms with E-state index in [9.17, 15) is 14.7 Å². The summed E-state index contributed by atoms with van der Waals surface area (Å²) in [5.41, 5.74) is 2.42. The first-order chi connectivity index (χ1) is 18.0. The van der Waals surface area contributed by atoms with Gasteiger partial charge in [-0.15, -0.1) is 10.2 Å². The quantitative estimate of drug-likeness (QED) is 0.356. The molecule has 0 saturated heterocycles. The van der Waals surface area contributed by atoms with Crippen LogP contribution in [0.15, 0.2) is 71.5 Å². The van der Waals surface area contributed by atoms with Crippen LogP contribution in [0.5, 0.6) is 6.01 Å². The zero-order valence-electron chi connectivity index (χ0n) is 19.7. The van der Waals surface area contributed by atoms with Gasteiger partial charge in [-0.3, -0.25) is 9.36 Å². The number of para-hydroxylation sites is 1. The molecule has 0 spiro atoms. The molecule has 0 aliphatic carbocycles. The van der Waals surface area contributed by atoms with E-state index < -0.39 is 5.97 Å². The lowest BCUT2D eigenvalue weighted by Gasteiger charge is -2.11. The molecule has 6 aromatic rings. The van der Waals surface area contributed by atoms with Crippen molar-refractivity contribution < 1.29 is 14.6 Å². The van der Waals surface area contributed by atoms with E-state index in [0.717, 1.165) is 10.9 Å². The van der Waals surface area contributed by atoms with E-state index in [1.54, 1.807) is 22.8 Å². The van der Waals surface area contributed by atoms with Crippen LogP contribution in [0.3, 0.4) is 0 Å². The molecule has 4 aromatic carbocycles. The highest BCUT2D eigenvalue weighted by Crippen LogP contribution is 2.30. The molecule has 0 aliphatic rings. The summed E-state index contributed by atoms with van der Waals surface area (Å²) in [5.74, 6) is -0.678. The Morgan fingerprint density at radius 3 is 2.68 bits per heavy atom. The maximum atomic E-state index is 13.7. The van der Waals surface area contributed by atoms with Crippen LogP contribution in [0, 0.1) is 0 Å². The van der Waals surface area contributed by atoms with Crippen LogP contribution in [0.25, 0.3) is 44.0 Å². The van der Waals surface area contributed by atoms with Crippen molar-refractivity contribution in [1.82, 2.24) is 30.2 Å². The number of benzene rings is 3. The normalized spacial score (nSPS) is 11.4. The second-order valence-electron chi connectivity index (χ2n) is 8.48. The number of tetrazole rings is 1. The molecule has 0 radical (unpaired) electrons. The number of ether oxygens (including phenoxy) is 1. The molecule has 10 heteroatoms. The number of fused-ring (bicyclic) bond motifs is 3. The molecule has 0 amide bonds. The number of carboxylic acids is 1. The highest BCUT2D eigenvalue weighted by atomic mass is 16.5. The van der Waals surface area contributed by atoms with E-state index in [-0.39, 0.29) is 17.5 Å². The van der Waals surface area contributed by atoms with Crippen molar-refractivity contribution in [2.75, 3.05) is 6.61 Å². The van der Waals surface area contributed by atoms with E-state index in [1.807, 2.05) is 49.4 Å². The third kappa shape index (κ3) is 3.75. The standard InChI is InChI=1S/C27H20N6O4/c1-2-37-27-28-22-9-5-8-19(26(35)36)23(22)33(27)14-15-10-11-18-20(12-15)24(34)17-7-4-3-6-16(17)13-21(18)25-29-31-32-30-25/h3-13H,2,14H2,1H3,(H,35,36)(H,29,30,31,32). The number of aromatic nitrogens is 6. The van der Waals surface area contributed by atoms with E-state index >= 15 is 0 Å². The predicted molar refractivity (Wildman–Crippen MR) is 138 cm³/mol. The van der Waals surface area contributed by atoms with E-state index in [1.165, 1.54) is 6.07 Å². The number of H-pyrrole nitrogens is 1. The zero-order valence-corrected chi connectivity index (χ0v) is 19.7. The van der Waals surface area contributed by atoms with Crippen molar-refractivity contribution in [2.24, 2.45) is 0 Å². The SMILES string of the molecule is CCOc1nc2cccc(C(=O)O)c2n1Cc1ccc2c(-c3nn[nH]n3)cc3ccccc3c(=O)c2c1. The lowest BCUT2D eigenvalue weighted by Crippen LogP contribution is -2.08. The third-order valence-corrected chi connectivity index (χ3v) is 6.29. The van der Waals surface area contributed by atoms with Crippen molar-refractivity contribution in [2.45, 2.75) is 13.5 Å². The van der Waals surface area contributed by atoms with Gasteiger partial charge in [0.25, 0.3) is 6.01 Å². The second kappa shape index (κ2) is 8.83. The van der Waals surface area contributed by atoms with E-state index in [0.29, 0.717) is 51.2 Å². The molecule has 0 atom stereocenters. The molecule has 37 heavy (non-hydrogen) atoms. The minimum atomic E-state index is -1.06. The largest absolute Gasteiger partial charge is 0.478 e. The smallest absolute Gasteiger partial charge is 0.337 e. The molecule has 0 aliphatic heterocycles. The molecule has 6 rings (SSSR count). The lowest BCUT2D eigenvalue weighted by atomic mass is 10.0. The number of aromatic amines is 1. The maximum Gasteiger partial charge on any atom is 0.337 e. The van der Waals surface area contributed by atoms with Gasteiger partial charge >= 0.3 is 5.97 Å². The number of carbonyl (C=O) groups is 1. The molecule has 2 N–H and O–H groups in total. The number of aromatic carboxylic acids is 1. The second-order valence-corrected chi connectivity index (χ2v) is 8.48. The summed E-state index contributed by atoms with van der Waals surface area (Å²) < 4.78 is 7.48. The highest BCUT2D eigenvalue weighted by Gasteiger charge is 2.20. The van der Waals surface area contributed by atoms with Crippen LogP contribution in [-0.2, 0) is 6.54 Å². The third-order valence-electron chi connectivity index (χ3n) is 6.29. The first kappa shape index (κ1) is 22.4. The molecule has 2 aromatic heterocycles. The minimum Gasteiger partial charge on any atom is -0.478 e. The molecule has 0 unspecified atom stereocenters. The Morgan fingerprint density at radius 1 is 1.03 bits per heavy atom. The van der Waals surface area contributed by atoms with Crippen LogP contribution in [-0.4, -0.2) is 47.9 Å². The number of carboxylic acid groups (broad SMARTS) is 1. The average molecular weight is 492 g/mol. The first-order valence-electron chi connectivity index (χ1n) is 11.6. The van der Waals surface area contributed by atoms with Gasteiger partial charge in [-0.2, -0.15) is 10.2 Å². The van der Waals surface area contributed by atoms with E-state index in [2.05, 4.69) is 25.6 Å². The summed E-state index contributed by atoms with van der Waals surface area (Å²) in [4.78, 5) is 30.2. The first-order valence-corrected chi connectivity index (χ1v) is 11.6. The number of nitrogens with zero attached hydrogens (tertiary/aromatic N) is 5. The molecule has 2 heterocycles. The number of imidazole rings is 1. The van der Waals surface area contributed by atoms with Crippen molar-refractivity contribution in [3.63, 3.8) is 0 Å². The molecular formula is C27H20N6O4. The van der Waals surface area contributed by atoms with E-state index in [4.69, 9.17) is 4.74 Å². The molecule has 0 bridgehead atoms. The van der Waals surface area contributed by atoms with Gasteiger partial charge in [0.15, 0.2) is 5.43 Å². The van der Waals surface area contributed by atoms with Crippen molar-refractivity contribution >= 4 is 38.5 Å². The molecular weight excluding hydrogens is 472 g/mol. The molecule has 182 valence electrons. The van der Waals surface area contributed by atoms with Crippen molar-refractivity contribution in [3.8, 4) is 17.4 Å². The predicted octanol–water partition coefficient (Wildman–Crippen LogP) is 4.03. The van der Waals surface area contributed by atoms with Gasteiger partial charge in [0.2, 0.25) is 5.82 Å². The Balaban J connectivity index is 1.60. The fourth-order valence-corrected chi connectivity index (χ4v) is 4.69. The monoisotopic (exact) mass is 492 g/mol. The van der Waals surface area contributed by atoms with Gasteiger partial charge < -0.3 is 9.84 Å². The van der Waals surface area contributed by atoms with Gasteiger partial charge in [0, 0.05) is 16.3 Å². The summed E-state index contributed by atoms with van der Waals surface area (Å²) in [6.07, 6.45) is 0. The molecule has 10 nitrogen and oxygen atoms in total. The summed E-state index contributed by atoms with van der Waals surface area (Å²) in [5, 5.41) is 26.7. The van der Waals surface area contributed by atoms with Crippen molar-refractivity contribution in [1.29, 1.82) is 0 Å². The van der Waals surface area contributed by atoms with Gasteiger partial charge in [-0.1, -0.05) is 42.5 Å². The summed E-state index contributed by atoms with van der Waals surface area (Å²) in [6, 6.07) is 20.1. The average Bonchev–Trinajstić information content (AvgIpc) is 3.53. The minimum absolute atomic E-state index is 0.123. The number of rotatable bonds is 6.